The zero-order valence-corrected chi connectivity index (χ0v) is 13.7. The van der Waals surface area contributed by atoms with E-state index in [2.05, 4.69) is 13.8 Å². The summed E-state index contributed by atoms with van der Waals surface area (Å²) in [7, 11) is 0. The van der Waals surface area contributed by atoms with Crippen LogP contribution in [0.5, 0.6) is 0 Å². The Bertz CT molecular complexity index is 622. The molecule has 0 amide bonds. The van der Waals surface area contributed by atoms with Gasteiger partial charge in [0.2, 0.25) is 0 Å². The molecule has 1 nitrogen and oxygen atoms in total. The molecule has 0 radical (unpaired) electrons. The molecular weight excluding hydrogens is 303 g/mol. The SMILES string of the molecule is CCC(C)C(C(=O)c1ccc(Cl)cc1Cl)c1ccccc1. The third-order valence-electron chi connectivity index (χ3n) is 3.85. The zero-order chi connectivity index (χ0) is 15.4. The van der Waals surface area contributed by atoms with Gasteiger partial charge < -0.3 is 0 Å². The lowest BCUT2D eigenvalue weighted by Crippen LogP contribution is -2.20. The number of benzene rings is 2. The van der Waals surface area contributed by atoms with Crippen molar-refractivity contribution in [3.05, 3.63) is 69.7 Å². The molecule has 2 aromatic carbocycles. The second kappa shape index (κ2) is 7.11. The number of Topliss-reactive ketones (excluding diaryl/α,β-unsaturated/α-hetero) is 1. The van der Waals surface area contributed by atoms with Crippen LogP contribution in [0.1, 0.15) is 42.1 Å². The summed E-state index contributed by atoms with van der Waals surface area (Å²) < 4.78 is 0. The standard InChI is InChI=1S/C18H18Cl2O/c1-3-12(2)17(13-7-5-4-6-8-13)18(21)15-10-9-14(19)11-16(15)20/h4-12,17H,3H2,1-2H3. The van der Waals surface area contributed by atoms with Gasteiger partial charge in [-0.2, -0.15) is 0 Å². The van der Waals surface area contributed by atoms with Gasteiger partial charge in [0.05, 0.1) is 5.02 Å². The highest BCUT2D eigenvalue weighted by Gasteiger charge is 2.28. The molecule has 2 atom stereocenters. The Morgan fingerprint density at radius 2 is 1.76 bits per heavy atom. The van der Waals surface area contributed by atoms with E-state index in [1.807, 2.05) is 30.3 Å². The van der Waals surface area contributed by atoms with Crippen LogP contribution in [0, 0.1) is 5.92 Å². The summed E-state index contributed by atoms with van der Waals surface area (Å²) in [6.07, 6.45) is 0.927. The Balaban J connectivity index is 2.44. The summed E-state index contributed by atoms with van der Waals surface area (Å²) in [4.78, 5) is 13.0. The van der Waals surface area contributed by atoms with Crippen molar-refractivity contribution in [3.8, 4) is 0 Å². The van der Waals surface area contributed by atoms with Crippen molar-refractivity contribution < 1.29 is 4.79 Å². The van der Waals surface area contributed by atoms with E-state index < -0.39 is 0 Å². The van der Waals surface area contributed by atoms with Crippen molar-refractivity contribution >= 4 is 29.0 Å². The number of halogens is 2. The molecule has 0 aliphatic carbocycles. The molecule has 3 heteroatoms. The van der Waals surface area contributed by atoms with Gasteiger partial charge in [-0.15, -0.1) is 0 Å². The first kappa shape index (κ1) is 16.1. The molecule has 2 rings (SSSR count). The number of ketones is 1. The average molecular weight is 321 g/mol. The van der Waals surface area contributed by atoms with Gasteiger partial charge in [0.1, 0.15) is 0 Å². The van der Waals surface area contributed by atoms with Crippen LogP contribution in [0.2, 0.25) is 10.0 Å². The Labute approximate surface area is 135 Å². The van der Waals surface area contributed by atoms with Crippen LogP contribution in [0.4, 0.5) is 0 Å². The summed E-state index contributed by atoms with van der Waals surface area (Å²) in [5.41, 5.74) is 1.57. The number of carbonyl (C=O) groups excluding carboxylic acids is 1. The Hall–Kier alpha value is -1.31. The van der Waals surface area contributed by atoms with E-state index in [1.165, 1.54) is 0 Å². The molecule has 2 aromatic rings. The monoisotopic (exact) mass is 320 g/mol. The molecule has 0 heterocycles. The van der Waals surface area contributed by atoms with E-state index in [0.29, 0.717) is 15.6 Å². The van der Waals surface area contributed by atoms with E-state index in [-0.39, 0.29) is 17.6 Å². The second-order valence-corrected chi connectivity index (χ2v) is 6.11. The molecule has 110 valence electrons. The van der Waals surface area contributed by atoms with Crippen LogP contribution in [0.25, 0.3) is 0 Å². The van der Waals surface area contributed by atoms with Crippen LogP contribution in [0.15, 0.2) is 48.5 Å². The van der Waals surface area contributed by atoms with E-state index in [9.17, 15) is 4.79 Å². The van der Waals surface area contributed by atoms with Crippen LogP contribution < -0.4 is 0 Å². The fourth-order valence-electron chi connectivity index (χ4n) is 2.49. The van der Waals surface area contributed by atoms with Gasteiger partial charge in [-0.1, -0.05) is 73.8 Å². The highest BCUT2D eigenvalue weighted by atomic mass is 35.5. The molecule has 0 bridgehead atoms. The third kappa shape index (κ3) is 3.66. The maximum Gasteiger partial charge on any atom is 0.172 e. The van der Waals surface area contributed by atoms with E-state index in [4.69, 9.17) is 23.2 Å². The fourth-order valence-corrected chi connectivity index (χ4v) is 2.99. The first-order valence-electron chi connectivity index (χ1n) is 7.08. The number of rotatable bonds is 5. The maximum absolute atomic E-state index is 13.0. The van der Waals surface area contributed by atoms with Crippen LogP contribution >= 0.6 is 23.2 Å². The molecule has 0 saturated carbocycles. The minimum Gasteiger partial charge on any atom is -0.293 e. The molecule has 0 fully saturated rings. The molecule has 0 spiro atoms. The first-order chi connectivity index (χ1) is 10.0. The van der Waals surface area contributed by atoms with Crippen molar-refractivity contribution in [2.75, 3.05) is 0 Å². The van der Waals surface area contributed by atoms with Crippen molar-refractivity contribution in [1.82, 2.24) is 0 Å². The summed E-state index contributed by atoms with van der Waals surface area (Å²) in [6, 6.07) is 14.9. The van der Waals surface area contributed by atoms with Gasteiger partial charge in [-0.25, -0.2) is 0 Å². The van der Waals surface area contributed by atoms with Gasteiger partial charge >= 0.3 is 0 Å². The Kier molecular flexibility index (Phi) is 5.44. The molecule has 2 unspecified atom stereocenters. The predicted molar refractivity (Wildman–Crippen MR) is 89.4 cm³/mol. The van der Waals surface area contributed by atoms with E-state index in [1.54, 1.807) is 18.2 Å². The fraction of sp³-hybridized carbons (Fsp3) is 0.278. The predicted octanol–water partition coefficient (Wildman–Crippen LogP) is 6.01. The lowest BCUT2D eigenvalue weighted by Gasteiger charge is -2.23. The minimum atomic E-state index is -0.185. The average Bonchev–Trinajstić information content (AvgIpc) is 2.48. The van der Waals surface area contributed by atoms with Crippen molar-refractivity contribution in [3.63, 3.8) is 0 Å². The number of carbonyl (C=O) groups is 1. The molecule has 0 saturated heterocycles. The smallest absolute Gasteiger partial charge is 0.172 e. The summed E-state index contributed by atoms with van der Waals surface area (Å²) in [6.45, 7) is 4.19. The van der Waals surface area contributed by atoms with Crippen LogP contribution in [0.3, 0.4) is 0 Å². The lowest BCUT2D eigenvalue weighted by atomic mass is 9.80. The summed E-state index contributed by atoms with van der Waals surface area (Å²) in [5, 5.41) is 0.952. The van der Waals surface area contributed by atoms with Gasteiger partial charge in [-0.3, -0.25) is 4.79 Å². The molecule has 0 N–H and O–H groups in total. The molecule has 0 aliphatic rings. The molecule has 21 heavy (non-hydrogen) atoms. The highest BCUT2D eigenvalue weighted by Crippen LogP contribution is 2.33. The number of hydrogen-bond donors (Lipinski definition) is 0. The molecule has 0 aromatic heterocycles. The topological polar surface area (TPSA) is 17.1 Å². The molecule has 0 aliphatic heterocycles. The quantitative estimate of drug-likeness (QED) is 0.617. The van der Waals surface area contributed by atoms with Crippen LogP contribution in [-0.4, -0.2) is 5.78 Å². The van der Waals surface area contributed by atoms with Crippen LogP contribution in [-0.2, 0) is 0 Å². The Morgan fingerprint density at radius 3 is 2.33 bits per heavy atom. The van der Waals surface area contributed by atoms with E-state index >= 15 is 0 Å². The second-order valence-electron chi connectivity index (χ2n) is 5.26. The summed E-state index contributed by atoms with van der Waals surface area (Å²) in [5.74, 6) is 0.110. The van der Waals surface area contributed by atoms with Crippen molar-refractivity contribution in [2.24, 2.45) is 5.92 Å². The summed E-state index contributed by atoms with van der Waals surface area (Å²) >= 11 is 12.1. The van der Waals surface area contributed by atoms with Gasteiger partial charge in [0.25, 0.3) is 0 Å². The third-order valence-corrected chi connectivity index (χ3v) is 4.40. The zero-order valence-electron chi connectivity index (χ0n) is 12.1. The van der Waals surface area contributed by atoms with Crippen molar-refractivity contribution in [1.29, 1.82) is 0 Å². The highest BCUT2D eigenvalue weighted by molar-refractivity contribution is 6.37. The largest absolute Gasteiger partial charge is 0.293 e. The van der Waals surface area contributed by atoms with Gasteiger partial charge in [0.15, 0.2) is 5.78 Å². The van der Waals surface area contributed by atoms with Crippen molar-refractivity contribution in [2.45, 2.75) is 26.2 Å². The van der Waals surface area contributed by atoms with Gasteiger partial charge in [-0.05, 0) is 29.7 Å². The number of hydrogen-bond acceptors (Lipinski definition) is 1. The maximum atomic E-state index is 13.0. The van der Waals surface area contributed by atoms with Gasteiger partial charge in [0, 0.05) is 16.5 Å². The molecular formula is C18H18Cl2O. The normalized spacial score (nSPS) is 13.7. The minimum absolute atomic E-state index is 0.0530. The lowest BCUT2D eigenvalue weighted by molar-refractivity contribution is 0.0932. The van der Waals surface area contributed by atoms with E-state index in [0.717, 1.165) is 12.0 Å². The Morgan fingerprint density at radius 1 is 1.10 bits per heavy atom. The first-order valence-corrected chi connectivity index (χ1v) is 7.84.